The molecule has 4 heteroatoms. The number of hydrogen-bond acceptors (Lipinski definition) is 4. The Balaban J connectivity index is 1.17. The van der Waals surface area contributed by atoms with E-state index in [1.54, 1.807) is 14.2 Å². The summed E-state index contributed by atoms with van der Waals surface area (Å²) in [6, 6.07) is 80.0. The van der Waals surface area contributed by atoms with Crippen LogP contribution in [0.4, 0.5) is 34.1 Å². The summed E-state index contributed by atoms with van der Waals surface area (Å²) in [5.41, 5.74) is 13.9. The van der Waals surface area contributed by atoms with Crippen LogP contribution in [0.2, 0.25) is 0 Å². The zero-order chi connectivity index (χ0) is 47.0. The van der Waals surface area contributed by atoms with Crippen molar-refractivity contribution in [2.45, 2.75) is 13.8 Å². The van der Waals surface area contributed by atoms with Crippen LogP contribution in [0, 0.1) is 13.8 Å². The number of nitrogens with zero attached hydrogens (tertiary/aromatic N) is 2. The molecule has 0 aliphatic heterocycles. The lowest BCUT2D eigenvalue weighted by atomic mass is 9.87. The average molecular weight is 901 g/mol. The third-order valence-electron chi connectivity index (χ3n) is 14.5. The fourth-order valence-corrected chi connectivity index (χ4v) is 11.3. The molecule has 0 N–H and O–H groups in total. The summed E-state index contributed by atoms with van der Waals surface area (Å²) >= 11 is 0. The number of rotatable bonds is 10. The number of anilines is 6. The maximum absolute atomic E-state index is 5.63. The summed E-state index contributed by atoms with van der Waals surface area (Å²) in [7, 11) is 3.42. The average Bonchev–Trinajstić information content (AvgIpc) is 3.93. The second-order valence-corrected chi connectivity index (χ2v) is 18.4. The zero-order valence-corrected chi connectivity index (χ0v) is 39.5. The van der Waals surface area contributed by atoms with Crippen LogP contribution >= 0.6 is 0 Å². The molecule has 13 aromatic rings. The van der Waals surface area contributed by atoms with E-state index in [0.29, 0.717) is 0 Å². The molecule has 0 unspecified atom stereocenters. The Morgan fingerprint density at radius 2 is 0.586 bits per heavy atom. The molecule has 13 aromatic carbocycles. The molecule has 0 heterocycles. The number of fused-ring (bicyclic) bond motifs is 6. The quantitative estimate of drug-likeness (QED) is 0.137. The third-order valence-corrected chi connectivity index (χ3v) is 14.5. The van der Waals surface area contributed by atoms with Gasteiger partial charge in [0.1, 0.15) is 11.5 Å². The fraction of sp³-hybridized carbons (Fsp3) is 0.0606. The second-order valence-electron chi connectivity index (χ2n) is 18.4. The first-order chi connectivity index (χ1) is 34.5. The van der Waals surface area contributed by atoms with Crippen LogP contribution in [-0.2, 0) is 0 Å². The van der Waals surface area contributed by atoms with Crippen molar-refractivity contribution in [3.05, 3.63) is 230 Å². The first-order valence-electron chi connectivity index (χ1n) is 24.0. The van der Waals surface area contributed by atoms with Crippen molar-refractivity contribution in [3.8, 4) is 33.8 Å². The number of aryl methyl sites for hydroxylation is 2. The van der Waals surface area contributed by atoms with E-state index in [0.717, 1.165) is 45.6 Å². The minimum absolute atomic E-state index is 0.813. The summed E-state index contributed by atoms with van der Waals surface area (Å²) in [5, 5.41) is 15.0. The maximum Gasteiger partial charge on any atom is 0.119 e. The van der Waals surface area contributed by atoms with Gasteiger partial charge < -0.3 is 19.3 Å². The Morgan fingerprint density at radius 1 is 0.271 bits per heavy atom. The molecule has 0 aliphatic carbocycles. The van der Waals surface area contributed by atoms with E-state index in [1.165, 1.54) is 98.0 Å². The molecule has 70 heavy (non-hydrogen) atoms. The molecule has 13 rings (SSSR count). The lowest BCUT2D eigenvalue weighted by Crippen LogP contribution is -2.10. The Labute approximate surface area is 407 Å². The van der Waals surface area contributed by atoms with Crippen molar-refractivity contribution < 1.29 is 9.47 Å². The number of hydrogen-bond donors (Lipinski definition) is 0. The van der Waals surface area contributed by atoms with Crippen LogP contribution in [0.3, 0.4) is 0 Å². The first-order valence-corrected chi connectivity index (χ1v) is 24.0. The lowest BCUT2D eigenvalue weighted by Gasteiger charge is -2.27. The molecular weight excluding hydrogens is 853 g/mol. The number of ether oxygens (including phenoxy) is 2. The minimum Gasteiger partial charge on any atom is -0.497 e. The van der Waals surface area contributed by atoms with Crippen molar-refractivity contribution in [2.24, 2.45) is 0 Å². The molecule has 0 radical (unpaired) electrons. The third kappa shape index (κ3) is 6.37. The molecule has 334 valence electrons. The highest BCUT2D eigenvalue weighted by Gasteiger charge is 2.30. The lowest BCUT2D eigenvalue weighted by molar-refractivity contribution is 0.415. The number of methoxy groups -OCH3 is 2. The Bertz CT molecular complexity index is 3870. The van der Waals surface area contributed by atoms with Gasteiger partial charge in [-0.15, -0.1) is 0 Å². The molecule has 0 aliphatic rings. The zero-order valence-electron chi connectivity index (χ0n) is 39.5. The van der Waals surface area contributed by atoms with Crippen LogP contribution in [0.5, 0.6) is 11.5 Å². The van der Waals surface area contributed by atoms with Crippen LogP contribution in [-0.4, -0.2) is 14.2 Å². The molecular formula is C66H48N2O2. The van der Waals surface area contributed by atoms with Gasteiger partial charge in [0.2, 0.25) is 0 Å². The predicted octanol–water partition coefficient (Wildman–Crippen LogP) is 18.4. The van der Waals surface area contributed by atoms with Gasteiger partial charge in [-0.25, -0.2) is 0 Å². The minimum atomic E-state index is 0.813. The monoisotopic (exact) mass is 900 g/mol. The standard InChI is InChI=1S/C66H48N2O2/c1-41-21-25-45(26-22-41)67(46-27-23-42(2)24-28-46)57-39-37-55-61-51(57)17-11-19-53(61)63-59(43-13-7-5-8-14-43)66-56-38-40-58(68(47-29-33-49(69-3)34-30-47)48-31-35-50(70-4)36-32-48)52-18-12-20-54(62(52)56)64(66)60(65(55)63)44-15-9-6-10-16-44/h5-40H,1-4H3. The summed E-state index contributed by atoms with van der Waals surface area (Å²) in [5.74, 6) is 1.63. The van der Waals surface area contributed by atoms with Crippen LogP contribution in [0.25, 0.3) is 86.9 Å². The van der Waals surface area contributed by atoms with Crippen molar-refractivity contribution in [2.75, 3.05) is 24.0 Å². The van der Waals surface area contributed by atoms with E-state index in [1.807, 2.05) is 24.3 Å². The molecule has 0 saturated heterocycles. The van der Waals surface area contributed by atoms with E-state index in [2.05, 4.69) is 218 Å². The topological polar surface area (TPSA) is 24.9 Å². The molecule has 0 aromatic heterocycles. The SMILES string of the molecule is COc1ccc(N(c2ccc(OC)cc2)c2ccc3c4c(-c5ccccc5)c5c6cccc7c(N(c8ccc(C)cc8)c8ccc(C)cc8)ccc(c5c(-c5ccccc5)c4c4cccc2c43)c76)cc1. The van der Waals surface area contributed by atoms with Gasteiger partial charge in [-0.1, -0.05) is 145 Å². The van der Waals surface area contributed by atoms with Gasteiger partial charge in [0.05, 0.1) is 25.6 Å². The molecule has 0 spiro atoms. The van der Waals surface area contributed by atoms with Crippen LogP contribution < -0.4 is 19.3 Å². The Morgan fingerprint density at radius 3 is 0.929 bits per heavy atom. The summed E-state index contributed by atoms with van der Waals surface area (Å²) in [6.07, 6.45) is 0. The second kappa shape index (κ2) is 16.4. The summed E-state index contributed by atoms with van der Waals surface area (Å²) < 4.78 is 11.3. The van der Waals surface area contributed by atoms with Gasteiger partial charge in [-0.05, 0) is 175 Å². The van der Waals surface area contributed by atoms with E-state index < -0.39 is 0 Å². The van der Waals surface area contributed by atoms with Gasteiger partial charge in [-0.2, -0.15) is 0 Å². The molecule has 0 fully saturated rings. The normalized spacial score (nSPS) is 11.7. The predicted molar refractivity (Wildman–Crippen MR) is 297 cm³/mol. The van der Waals surface area contributed by atoms with Gasteiger partial charge in [0.15, 0.2) is 0 Å². The van der Waals surface area contributed by atoms with E-state index in [-0.39, 0.29) is 0 Å². The number of benzene rings is 11. The fourth-order valence-electron chi connectivity index (χ4n) is 11.3. The molecule has 0 bridgehead atoms. The highest BCUT2D eigenvalue weighted by Crippen LogP contribution is 2.57. The van der Waals surface area contributed by atoms with Gasteiger partial charge >= 0.3 is 0 Å². The highest BCUT2D eigenvalue weighted by molar-refractivity contribution is 6.47. The van der Waals surface area contributed by atoms with E-state index in [4.69, 9.17) is 9.47 Å². The van der Waals surface area contributed by atoms with Gasteiger partial charge in [0.25, 0.3) is 0 Å². The van der Waals surface area contributed by atoms with Crippen molar-refractivity contribution in [3.63, 3.8) is 0 Å². The van der Waals surface area contributed by atoms with Crippen LogP contribution in [0.1, 0.15) is 11.1 Å². The summed E-state index contributed by atoms with van der Waals surface area (Å²) in [4.78, 5) is 4.78. The molecule has 0 amide bonds. The Kier molecular flexibility index (Phi) is 9.70. The molecule has 4 nitrogen and oxygen atoms in total. The maximum atomic E-state index is 5.63. The highest BCUT2D eigenvalue weighted by atomic mass is 16.5. The summed E-state index contributed by atoms with van der Waals surface area (Å²) in [6.45, 7) is 4.31. The van der Waals surface area contributed by atoms with Crippen molar-refractivity contribution in [1.29, 1.82) is 0 Å². The smallest absolute Gasteiger partial charge is 0.119 e. The largest absolute Gasteiger partial charge is 0.497 e. The Hall–Kier alpha value is -8.86. The van der Waals surface area contributed by atoms with E-state index >= 15 is 0 Å². The van der Waals surface area contributed by atoms with Gasteiger partial charge in [-0.3, -0.25) is 0 Å². The molecule has 0 atom stereocenters. The van der Waals surface area contributed by atoms with Gasteiger partial charge in [0, 0.05) is 33.5 Å². The molecule has 0 saturated carbocycles. The van der Waals surface area contributed by atoms with Crippen LogP contribution in [0.15, 0.2) is 218 Å². The van der Waals surface area contributed by atoms with Crippen molar-refractivity contribution >= 4 is 98.8 Å². The van der Waals surface area contributed by atoms with Crippen molar-refractivity contribution in [1.82, 2.24) is 0 Å². The van der Waals surface area contributed by atoms with E-state index in [9.17, 15) is 0 Å². The first kappa shape index (κ1) is 41.3.